The lowest BCUT2D eigenvalue weighted by molar-refractivity contribution is -0.153. The third kappa shape index (κ3) is 6.83. The molecule has 0 aromatic heterocycles. The molecule has 3 aliphatic rings. The van der Waals surface area contributed by atoms with E-state index in [9.17, 15) is 19.5 Å². The molecule has 9 heteroatoms. The zero-order valence-electron chi connectivity index (χ0n) is 26.7. The van der Waals surface area contributed by atoms with E-state index in [2.05, 4.69) is 63.7 Å². The first-order valence-corrected chi connectivity index (χ1v) is 16.7. The van der Waals surface area contributed by atoms with Crippen molar-refractivity contribution >= 4 is 33.7 Å². The quantitative estimate of drug-likeness (QED) is 0.145. The van der Waals surface area contributed by atoms with Crippen molar-refractivity contribution < 1.29 is 24.2 Å². The summed E-state index contributed by atoms with van der Waals surface area (Å²) in [7, 11) is 0. The summed E-state index contributed by atoms with van der Waals surface area (Å²) in [6, 6.07) is -0.825. The number of nitrogens with zero attached hydrogens (tertiary/aromatic N) is 3. The standard InChI is InChI=1S/C33H54BrN3O5/c1-9-16-35(17-10-2)28(39)24-25-29(40)36(19-14-12-13-15-20-38)27(33(25)21-23(34)26(24)42-33)30(41)37(18-11-3)32(7,8)22-31(4,5)6/h9,11,23-27,38H,1,3,10,12-22H2,2,4-8H3/t23?,24-,25-,26-,27?,33?/m0/s1. The molecule has 42 heavy (non-hydrogen) atoms. The molecule has 2 bridgehead atoms. The van der Waals surface area contributed by atoms with Crippen LogP contribution >= 0.6 is 15.9 Å². The van der Waals surface area contributed by atoms with Crippen LogP contribution in [0.5, 0.6) is 0 Å². The number of unbranched alkanes of at least 4 members (excludes halogenated alkanes) is 3. The third-order valence-corrected chi connectivity index (χ3v) is 9.89. The summed E-state index contributed by atoms with van der Waals surface area (Å²) in [5, 5.41) is 9.22. The number of hydrogen-bond acceptors (Lipinski definition) is 5. The summed E-state index contributed by atoms with van der Waals surface area (Å²) in [4.78, 5) is 48.6. The van der Waals surface area contributed by atoms with E-state index in [4.69, 9.17) is 4.74 Å². The molecule has 8 nitrogen and oxygen atoms in total. The minimum absolute atomic E-state index is 0.0312. The Bertz CT molecular complexity index is 1010. The zero-order valence-corrected chi connectivity index (χ0v) is 28.3. The second kappa shape index (κ2) is 13.9. The fourth-order valence-corrected chi connectivity index (χ4v) is 8.86. The minimum Gasteiger partial charge on any atom is -0.396 e. The molecular weight excluding hydrogens is 598 g/mol. The summed E-state index contributed by atoms with van der Waals surface area (Å²) in [5.41, 5.74) is -1.62. The van der Waals surface area contributed by atoms with Crippen LogP contribution in [0.1, 0.15) is 86.5 Å². The summed E-state index contributed by atoms with van der Waals surface area (Å²) in [6.07, 6.45) is 8.14. The number of likely N-dealkylation sites (tertiary alicyclic amines) is 1. The van der Waals surface area contributed by atoms with Crippen LogP contribution < -0.4 is 0 Å². The Balaban J connectivity index is 2.07. The molecule has 1 spiro atoms. The Morgan fingerprint density at radius 3 is 2.31 bits per heavy atom. The van der Waals surface area contributed by atoms with Crippen molar-refractivity contribution in [1.82, 2.24) is 14.7 Å². The zero-order chi connectivity index (χ0) is 31.5. The van der Waals surface area contributed by atoms with Crippen molar-refractivity contribution in [1.29, 1.82) is 0 Å². The molecule has 3 saturated heterocycles. The van der Waals surface area contributed by atoms with Gasteiger partial charge < -0.3 is 24.5 Å². The molecule has 0 radical (unpaired) electrons. The van der Waals surface area contributed by atoms with E-state index in [0.29, 0.717) is 45.4 Å². The first-order valence-electron chi connectivity index (χ1n) is 15.8. The fourth-order valence-electron chi connectivity index (χ4n) is 7.91. The van der Waals surface area contributed by atoms with Crippen LogP contribution in [0, 0.1) is 17.3 Å². The molecule has 3 amide bonds. The monoisotopic (exact) mass is 651 g/mol. The number of carbonyl (C=O) groups excluding carboxylic acids is 3. The Morgan fingerprint density at radius 2 is 1.74 bits per heavy atom. The number of halogens is 1. The van der Waals surface area contributed by atoms with E-state index in [1.165, 1.54) is 0 Å². The van der Waals surface area contributed by atoms with Crippen molar-refractivity contribution in [3.8, 4) is 0 Å². The van der Waals surface area contributed by atoms with Gasteiger partial charge in [-0.3, -0.25) is 14.4 Å². The molecule has 3 aliphatic heterocycles. The highest BCUT2D eigenvalue weighted by atomic mass is 79.9. The lowest BCUT2D eigenvalue weighted by Gasteiger charge is -2.45. The number of rotatable bonds is 16. The van der Waals surface area contributed by atoms with Gasteiger partial charge in [-0.05, 0) is 51.4 Å². The Hall–Kier alpha value is -1.71. The molecule has 3 heterocycles. The van der Waals surface area contributed by atoms with E-state index >= 15 is 0 Å². The summed E-state index contributed by atoms with van der Waals surface area (Å²) < 4.78 is 6.77. The topological polar surface area (TPSA) is 90.4 Å². The van der Waals surface area contributed by atoms with Gasteiger partial charge in [0.25, 0.3) is 0 Å². The number of alkyl halides is 1. The van der Waals surface area contributed by atoms with Crippen molar-refractivity contribution in [3.63, 3.8) is 0 Å². The van der Waals surface area contributed by atoms with E-state index < -0.39 is 35.1 Å². The van der Waals surface area contributed by atoms with Crippen LogP contribution in [0.25, 0.3) is 0 Å². The fraction of sp³-hybridized carbons (Fsp3) is 0.788. The smallest absolute Gasteiger partial charge is 0.249 e. The molecule has 1 N–H and O–H groups in total. The lowest BCUT2D eigenvalue weighted by Crippen LogP contribution is -2.61. The van der Waals surface area contributed by atoms with Crippen molar-refractivity contribution in [2.75, 3.05) is 32.8 Å². The van der Waals surface area contributed by atoms with Crippen LogP contribution in [0.15, 0.2) is 25.3 Å². The molecule has 238 valence electrons. The minimum atomic E-state index is -1.08. The molecule has 0 aromatic rings. The van der Waals surface area contributed by atoms with Crippen molar-refractivity contribution in [2.45, 2.75) is 115 Å². The predicted molar refractivity (Wildman–Crippen MR) is 170 cm³/mol. The van der Waals surface area contributed by atoms with Gasteiger partial charge >= 0.3 is 0 Å². The van der Waals surface area contributed by atoms with Gasteiger partial charge in [-0.2, -0.15) is 0 Å². The number of ether oxygens (including phenoxy) is 1. The Morgan fingerprint density at radius 1 is 1.10 bits per heavy atom. The van der Waals surface area contributed by atoms with Gasteiger partial charge in [0.15, 0.2) is 0 Å². The van der Waals surface area contributed by atoms with E-state index in [1.807, 2.05) is 11.8 Å². The normalized spacial score (nSPS) is 28.6. The van der Waals surface area contributed by atoms with Crippen molar-refractivity contribution in [3.05, 3.63) is 25.3 Å². The number of aliphatic hydroxyl groups excluding tert-OH is 1. The van der Waals surface area contributed by atoms with E-state index in [1.54, 1.807) is 22.0 Å². The van der Waals surface area contributed by atoms with Crippen LogP contribution in [-0.4, -0.2) is 98.4 Å². The van der Waals surface area contributed by atoms with Gasteiger partial charge in [-0.25, -0.2) is 0 Å². The van der Waals surface area contributed by atoms with Gasteiger partial charge in [0, 0.05) is 43.2 Å². The molecular formula is C33H54BrN3O5. The average Bonchev–Trinajstić information content (AvgIpc) is 3.48. The Labute approximate surface area is 262 Å². The lowest BCUT2D eigenvalue weighted by atomic mass is 9.70. The van der Waals surface area contributed by atoms with Crippen LogP contribution in [0.4, 0.5) is 0 Å². The molecule has 0 saturated carbocycles. The average molecular weight is 653 g/mol. The second-order valence-corrected chi connectivity index (χ2v) is 15.4. The van der Waals surface area contributed by atoms with Crippen LogP contribution in [0.3, 0.4) is 0 Å². The molecule has 3 fully saturated rings. The number of amides is 3. The maximum Gasteiger partial charge on any atom is 0.249 e. The van der Waals surface area contributed by atoms with Gasteiger partial charge in [0.2, 0.25) is 17.7 Å². The van der Waals surface area contributed by atoms with Gasteiger partial charge in [0.1, 0.15) is 11.6 Å². The SMILES string of the molecule is C=CCN(CCC)C(=O)[C@H]1[C@H]2C(=O)N(CCCCCCO)C(C(=O)N(CC=C)C(C)(C)CC(C)(C)C)C23CC(Br)[C@@H]1O3. The van der Waals surface area contributed by atoms with Gasteiger partial charge in [-0.15, -0.1) is 13.2 Å². The maximum absolute atomic E-state index is 14.9. The third-order valence-electron chi connectivity index (χ3n) is 9.04. The largest absolute Gasteiger partial charge is 0.396 e. The number of aliphatic hydroxyl groups is 1. The summed E-state index contributed by atoms with van der Waals surface area (Å²) in [6.45, 7) is 22.3. The number of fused-ring (bicyclic) bond motifs is 1. The molecule has 0 aromatic carbocycles. The molecule has 3 unspecified atom stereocenters. The molecule has 0 aliphatic carbocycles. The molecule has 3 rings (SSSR count). The van der Waals surface area contributed by atoms with E-state index in [-0.39, 0.29) is 34.6 Å². The summed E-state index contributed by atoms with van der Waals surface area (Å²) >= 11 is 3.80. The van der Waals surface area contributed by atoms with Crippen LogP contribution in [0.2, 0.25) is 0 Å². The first-order chi connectivity index (χ1) is 19.7. The molecule has 6 atom stereocenters. The van der Waals surface area contributed by atoms with Crippen LogP contribution in [-0.2, 0) is 19.1 Å². The highest BCUT2D eigenvalue weighted by molar-refractivity contribution is 9.09. The van der Waals surface area contributed by atoms with Gasteiger partial charge in [0.05, 0.1) is 17.9 Å². The highest BCUT2D eigenvalue weighted by Crippen LogP contribution is 2.60. The summed E-state index contributed by atoms with van der Waals surface area (Å²) in [5.74, 6) is -1.76. The van der Waals surface area contributed by atoms with Crippen molar-refractivity contribution in [2.24, 2.45) is 17.3 Å². The van der Waals surface area contributed by atoms with Gasteiger partial charge in [-0.1, -0.05) is 68.6 Å². The maximum atomic E-state index is 14.9. The second-order valence-electron chi connectivity index (χ2n) is 14.2. The Kier molecular flexibility index (Phi) is 11.5. The highest BCUT2D eigenvalue weighted by Gasteiger charge is 2.77. The van der Waals surface area contributed by atoms with E-state index in [0.717, 1.165) is 25.7 Å². The predicted octanol–water partition coefficient (Wildman–Crippen LogP) is 4.94. The number of hydrogen-bond donors (Lipinski definition) is 1. The first kappa shape index (κ1) is 34.8. The number of carbonyl (C=O) groups is 3.